The van der Waals surface area contributed by atoms with E-state index in [0.29, 0.717) is 10.0 Å². The Morgan fingerprint density at radius 1 is 1.19 bits per heavy atom. The molecule has 0 aliphatic rings. The van der Waals surface area contributed by atoms with Crippen molar-refractivity contribution in [1.82, 2.24) is 0 Å². The first kappa shape index (κ1) is 15.6. The quantitative estimate of drug-likeness (QED) is 0.796. The molecule has 0 aliphatic heterocycles. The van der Waals surface area contributed by atoms with Crippen LogP contribution in [-0.4, -0.2) is 11.1 Å². The third kappa shape index (κ3) is 4.34. The van der Waals surface area contributed by atoms with E-state index < -0.39 is 0 Å². The Hall–Kier alpha value is -1.78. The minimum atomic E-state index is 0.154. The minimum Gasteiger partial charge on any atom is -0.491 e. The van der Waals surface area contributed by atoms with Gasteiger partial charge in [0, 0.05) is 22.0 Å². The van der Waals surface area contributed by atoms with Crippen LogP contribution in [0, 0.1) is 0 Å². The average molecular weight is 321 g/mol. The van der Waals surface area contributed by atoms with Gasteiger partial charge in [0.05, 0.1) is 6.10 Å². The van der Waals surface area contributed by atoms with Crippen molar-refractivity contribution in [2.24, 2.45) is 5.73 Å². The summed E-state index contributed by atoms with van der Waals surface area (Å²) < 4.78 is 5.61. The third-order valence-electron chi connectivity index (χ3n) is 2.75. The molecule has 0 amide bonds. The maximum Gasteiger partial charge on any atom is 0.119 e. The van der Waals surface area contributed by atoms with E-state index in [-0.39, 0.29) is 6.10 Å². The molecule has 0 heterocycles. The molecule has 0 saturated carbocycles. The van der Waals surface area contributed by atoms with E-state index in [2.05, 4.69) is 5.32 Å². The zero-order chi connectivity index (χ0) is 15.4. The van der Waals surface area contributed by atoms with Crippen LogP contribution in [0.15, 0.2) is 42.5 Å². The summed E-state index contributed by atoms with van der Waals surface area (Å²) in [6.45, 7) is 3.99. The molecular formula is C16H17ClN2OS. The molecule has 2 aromatic carbocycles. The van der Waals surface area contributed by atoms with E-state index in [1.165, 1.54) is 0 Å². The molecule has 3 nitrogen and oxygen atoms in total. The molecule has 0 bridgehead atoms. The number of thiocarbonyl (C=S) groups is 1. The van der Waals surface area contributed by atoms with Crippen molar-refractivity contribution in [2.75, 3.05) is 5.32 Å². The summed E-state index contributed by atoms with van der Waals surface area (Å²) in [5, 5.41) is 3.88. The monoisotopic (exact) mass is 320 g/mol. The lowest BCUT2D eigenvalue weighted by atomic mass is 10.1. The second-order valence-corrected chi connectivity index (χ2v) is 5.75. The van der Waals surface area contributed by atoms with Crippen LogP contribution in [0.2, 0.25) is 5.02 Å². The van der Waals surface area contributed by atoms with Crippen molar-refractivity contribution in [3.8, 4) is 5.75 Å². The molecule has 0 radical (unpaired) electrons. The van der Waals surface area contributed by atoms with Crippen molar-refractivity contribution in [1.29, 1.82) is 0 Å². The Morgan fingerprint density at radius 3 is 2.43 bits per heavy atom. The van der Waals surface area contributed by atoms with Crippen LogP contribution in [0.1, 0.15) is 19.4 Å². The molecule has 0 saturated heterocycles. The highest BCUT2D eigenvalue weighted by atomic mass is 35.5. The highest BCUT2D eigenvalue weighted by molar-refractivity contribution is 7.80. The van der Waals surface area contributed by atoms with Crippen molar-refractivity contribution in [2.45, 2.75) is 20.0 Å². The van der Waals surface area contributed by atoms with E-state index in [4.69, 9.17) is 34.3 Å². The van der Waals surface area contributed by atoms with Crippen LogP contribution < -0.4 is 15.8 Å². The van der Waals surface area contributed by atoms with Crippen LogP contribution in [0.3, 0.4) is 0 Å². The summed E-state index contributed by atoms with van der Waals surface area (Å²) >= 11 is 11.0. The maximum absolute atomic E-state index is 5.97. The molecule has 0 unspecified atom stereocenters. The molecule has 3 N–H and O–H groups in total. The molecule has 21 heavy (non-hydrogen) atoms. The van der Waals surface area contributed by atoms with Gasteiger partial charge in [-0.1, -0.05) is 23.8 Å². The zero-order valence-electron chi connectivity index (χ0n) is 11.9. The van der Waals surface area contributed by atoms with Crippen molar-refractivity contribution in [3.05, 3.63) is 53.1 Å². The number of rotatable bonds is 5. The number of benzene rings is 2. The van der Waals surface area contributed by atoms with Gasteiger partial charge in [-0.3, -0.25) is 0 Å². The lowest BCUT2D eigenvalue weighted by Gasteiger charge is -2.13. The highest BCUT2D eigenvalue weighted by Gasteiger charge is 2.07. The van der Waals surface area contributed by atoms with Crippen LogP contribution in [0.5, 0.6) is 5.75 Å². The fourth-order valence-corrected chi connectivity index (χ4v) is 2.21. The highest BCUT2D eigenvalue weighted by Crippen LogP contribution is 2.25. The van der Waals surface area contributed by atoms with E-state index in [9.17, 15) is 0 Å². The maximum atomic E-state index is 5.97. The standard InChI is InChI=1S/C16H17ClN2OS/c1-10(2)20-13-6-4-12(5-7-13)19-15-8-3-11(17)9-14(15)16(18)21/h3-10,19H,1-2H3,(H2,18,21). The smallest absolute Gasteiger partial charge is 0.119 e. The molecule has 110 valence electrons. The minimum absolute atomic E-state index is 0.154. The van der Waals surface area contributed by atoms with Crippen molar-refractivity contribution < 1.29 is 4.74 Å². The van der Waals surface area contributed by atoms with Crippen LogP contribution in [0.25, 0.3) is 0 Å². The second-order valence-electron chi connectivity index (χ2n) is 4.87. The number of ether oxygens (including phenoxy) is 1. The van der Waals surface area contributed by atoms with Crippen LogP contribution >= 0.6 is 23.8 Å². The van der Waals surface area contributed by atoms with Gasteiger partial charge in [0.25, 0.3) is 0 Å². The Kier molecular flexibility index (Phi) is 5.04. The molecular weight excluding hydrogens is 304 g/mol. The van der Waals surface area contributed by atoms with Crippen molar-refractivity contribution in [3.63, 3.8) is 0 Å². The Balaban J connectivity index is 2.20. The Labute approximate surface area is 135 Å². The molecule has 0 fully saturated rings. The topological polar surface area (TPSA) is 47.3 Å². The van der Waals surface area contributed by atoms with Gasteiger partial charge in [-0.15, -0.1) is 0 Å². The summed E-state index contributed by atoms with van der Waals surface area (Å²) in [6, 6.07) is 13.1. The molecule has 0 aliphatic carbocycles. The fraction of sp³-hybridized carbons (Fsp3) is 0.188. The lowest BCUT2D eigenvalue weighted by Crippen LogP contribution is -2.12. The summed E-state index contributed by atoms with van der Waals surface area (Å²) in [5.41, 5.74) is 8.20. The van der Waals surface area contributed by atoms with E-state index >= 15 is 0 Å². The fourth-order valence-electron chi connectivity index (χ4n) is 1.87. The first-order chi connectivity index (χ1) is 9.95. The number of hydrogen-bond acceptors (Lipinski definition) is 3. The molecule has 0 aromatic heterocycles. The summed E-state index contributed by atoms with van der Waals surface area (Å²) in [6.07, 6.45) is 0.154. The number of hydrogen-bond donors (Lipinski definition) is 2. The van der Waals surface area contributed by atoms with E-state index in [0.717, 1.165) is 22.7 Å². The number of nitrogens with two attached hydrogens (primary N) is 1. The van der Waals surface area contributed by atoms with Crippen molar-refractivity contribution >= 4 is 40.2 Å². The summed E-state index contributed by atoms with van der Waals surface area (Å²) in [5.74, 6) is 0.834. The Bertz CT molecular complexity index is 641. The van der Waals surface area contributed by atoms with Gasteiger partial charge in [0.1, 0.15) is 10.7 Å². The lowest BCUT2D eigenvalue weighted by molar-refractivity contribution is 0.242. The average Bonchev–Trinajstić information content (AvgIpc) is 2.42. The predicted molar refractivity (Wildman–Crippen MR) is 92.8 cm³/mol. The van der Waals surface area contributed by atoms with Gasteiger partial charge in [0.2, 0.25) is 0 Å². The van der Waals surface area contributed by atoms with Gasteiger partial charge in [-0.05, 0) is 56.3 Å². The van der Waals surface area contributed by atoms with Gasteiger partial charge >= 0.3 is 0 Å². The number of nitrogens with one attached hydrogen (secondary N) is 1. The summed E-state index contributed by atoms with van der Waals surface area (Å²) in [7, 11) is 0. The molecule has 5 heteroatoms. The second kappa shape index (κ2) is 6.78. The Morgan fingerprint density at radius 2 is 1.86 bits per heavy atom. The van der Waals surface area contributed by atoms with Gasteiger partial charge < -0.3 is 15.8 Å². The molecule has 0 spiro atoms. The number of anilines is 2. The van der Waals surface area contributed by atoms with Gasteiger partial charge in [-0.25, -0.2) is 0 Å². The SMILES string of the molecule is CC(C)Oc1ccc(Nc2ccc(Cl)cc2C(N)=S)cc1. The largest absolute Gasteiger partial charge is 0.491 e. The third-order valence-corrected chi connectivity index (χ3v) is 3.21. The summed E-state index contributed by atoms with van der Waals surface area (Å²) in [4.78, 5) is 0.305. The molecule has 2 rings (SSSR count). The normalized spacial score (nSPS) is 10.5. The molecule has 0 atom stereocenters. The zero-order valence-corrected chi connectivity index (χ0v) is 13.5. The van der Waals surface area contributed by atoms with Gasteiger partial charge in [0.15, 0.2) is 0 Å². The van der Waals surface area contributed by atoms with Gasteiger partial charge in [-0.2, -0.15) is 0 Å². The predicted octanol–water partition coefficient (Wildman–Crippen LogP) is 4.51. The van der Waals surface area contributed by atoms with E-state index in [1.807, 2.05) is 44.2 Å². The van der Waals surface area contributed by atoms with E-state index in [1.54, 1.807) is 12.1 Å². The van der Waals surface area contributed by atoms with Crippen LogP contribution in [0.4, 0.5) is 11.4 Å². The van der Waals surface area contributed by atoms with Crippen LogP contribution in [-0.2, 0) is 0 Å². The molecule has 2 aromatic rings. The first-order valence-electron chi connectivity index (χ1n) is 6.59. The number of halogens is 1. The first-order valence-corrected chi connectivity index (χ1v) is 7.37.